The Morgan fingerprint density at radius 1 is 1.12 bits per heavy atom. The second-order valence-corrected chi connectivity index (χ2v) is 8.45. The van der Waals surface area contributed by atoms with E-state index < -0.39 is 0 Å². The molecule has 0 spiro atoms. The number of halogens is 3. The fourth-order valence-corrected chi connectivity index (χ4v) is 3.50. The first-order valence-electron chi connectivity index (χ1n) is 7.39. The molecule has 0 aliphatic carbocycles. The molecule has 1 N–H and O–H groups in total. The van der Waals surface area contributed by atoms with E-state index in [-0.39, 0.29) is 16.5 Å². The zero-order chi connectivity index (χ0) is 17.7. The van der Waals surface area contributed by atoms with Crippen LogP contribution in [0.5, 0.6) is 0 Å². The van der Waals surface area contributed by atoms with Gasteiger partial charge in [-0.15, -0.1) is 11.8 Å². The smallest absolute Gasteiger partial charge is 0.254 e. The van der Waals surface area contributed by atoms with Crippen molar-refractivity contribution in [2.45, 2.75) is 24.3 Å². The predicted octanol–water partition coefficient (Wildman–Crippen LogP) is 5.57. The van der Waals surface area contributed by atoms with Crippen molar-refractivity contribution in [1.82, 2.24) is 5.32 Å². The summed E-state index contributed by atoms with van der Waals surface area (Å²) in [6, 6.07) is 11.4. The van der Waals surface area contributed by atoms with E-state index in [1.165, 1.54) is 12.1 Å². The lowest BCUT2D eigenvalue weighted by molar-refractivity contribution is 0.0951. The fourth-order valence-electron chi connectivity index (χ4n) is 2.01. The number of carbonyl (C=O) groups excluding carboxylic acids is 1. The molecule has 0 fully saturated rings. The Morgan fingerprint density at radius 2 is 1.71 bits per heavy atom. The molecule has 0 radical (unpaired) electrons. The Labute approximate surface area is 155 Å². The molecule has 128 valence electrons. The molecule has 0 saturated heterocycles. The van der Waals surface area contributed by atoms with Crippen LogP contribution in [0.3, 0.4) is 0 Å². The van der Waals surface area contributed by atoms with Crippen LogP contribution >= 0.6 is 35.0 Å². The minimum atomic E-state index is -0.291. The number of rotatable bonds is 6. The van der Waals surface area contributed by atoms with Gasteiger partial charge in [0.1, 0.15) is 5.82 Å². The molecule has 24 heavy (non-hydrogen) atoms. The summed E-state index contributed by atoms with van der Waals surface area (Å²) >= 11 is 13.8. The summed E-state index contributed by atoms with van der Waals surface area (Å²) in [5.41, 5.74) is 1.33. The molecule has 2 aromatic carbocycles. The van der Waals surface area contributed by atoms with Gasteiger partial charge in [-0.25, -0.2) is 4.39 Å². The third kappa shape index (κ3) is 5.40. The Balaban J connectivity index is 1.92. The number of hydrogen-bond acceptors (Lipinski definition) is 2. The van der Waals surface area contributed by atoms with Gasteiger partial charge in [0.15, 0.2) is 0 Å². The maximum atomic E-state index is 12.9. The highest BCUT2D eigenvalue weighted by atomic mass is 35.5. The molecule has 0 heterocycles. The monoisotopic (exact) mass is 385 g/mol. The van der Waals surface area contributed by atoms with Crippen molar-refractivity contribution in [2.24, 2.45) is 0 Å². The zero-order valence-electron chi connectivity index (χ0n) is 13.4. The van der Waals surface area contributed by atoms with Crippen LogP contribution in [0.15, 0.2) is 42.5 Å². The van der Waals surface area contributed by atoms with Crippen molar-refractivity contribution >= 4 is 40.9 Å². The van der Waals surface area contributed by atoms with Gasteiger partial charge < -0.3 is 5.32 Å². The van der Waals surface area contributed by atoms with E-state index in [0.717, 1.165) is 11.3 Å². The van der Waals surface area contributed by atoms with Gasteiger partial charge in [-0.05, 0) is 43.7 Å². The van der Waals surface area contributed by atoms with Crippen LogP contribution in [0.1, 0.15) is 29.8 Å². The lowest BCUT2D eigenvalue weighted by Gasteiger charge is -2.24. The van der Waals surface area contributed by atoms with E-state index in [0.29, 0.717) is 22.2 Å². The molecule has 2 nitrogen and oxygen atoms in total. The van der Waals surface area contributed by atoms with E-state index in [1.807, 2.05) is 13.8 Å². The standard InChI is InChI=1S/C18H18Cl2FNOS/c1-18(2,24-10-12-6-8-13(21)9-7-12)11-22-17(23)16-14(19)4-3-5-15(16)20/h3-9H,10-11H2,1-2H3,(H,22,23). The SMILES string of the molecule is CC(C)(CNC(=O)c1c(Cl)cccc1Cl)SCc1ccc(F)cc1. The Bertz CT molecular complexity index is 699. The topological polar surface area (TPSA) is 29.1 Å². The molecule has 0 atom stereocenters. The third-order valence-corrected chi connectivity index (χ3v) is 5.44. The highest BCUT2D eigenvalue weighted by Gasteiger charge is 2.21. The fraction of sp³-hybridized carbons (Fsp3) is 0.278. The van der Waals surface area contributed by atoms with E-state index in [9.17, 15) is 9.18 Å². The minimum absolute atomic E-state index is 0.197. The quantitative estimate of drug-likeness (QED) is 0.703. The molecule has 1 amide bonds. The summed E-state index contributed by atoms with van der Waals surface area (Å²) < 4.78 is 12.7. The van der Waals surface area contributed by atoms with Crippen molar-refractivity contribution in [3.63, 3.8) is 0 Å². The van der Waals surface area contributed by atoms with Crippen LogP contribution in [0.4, 0.5) is 4.39 Å². The molecule has 2 aromatic rings. The minimum Gasteiger partial charge on any atom is -0.351 e. The van der Waals surface area contributed by atoms with E-state index in [4.69, 9.17) is 23.2 Å². The third-order valence-electron chi connectivity index (χ3n) is 3.41. The molecule has 0 aromatic heterocycles. The van der Waals surface area contributed by atoms with E-state index >= 15 is 0 Å². The van der Waals surface area contributed by atoms with Gasteiger partial charge in [0, 0.05) is 17.0 Å². The molecular weight excluding hydrogens is 368 g/mol. The maximum absolute atomic E-state index is 12.9. The van der Waals surface area contributed by atoms with Crippen LogP contribution in [0.25, 0.3) is 0 Å². The van der Waals surface area contributed by atoms with Gasteiger partial charge in [-0.3, -0.25) is 4.79 Å². The summed E-state index contributed by atoms with van der Waals surface area (Å²) in [5.74, 6) is 0.198. The molecule has 0 bridgehead atoms. The summed E-state index contributed by atoms with van der Waals surface area (Å²) in [5, 5.41) is 3.54. The van der Waals surface area contributed by atoms with Gasteiger partial charge in [-0.1, -0.05) is 41.4 Å². The van der Waals surface area contributed by atoms with E-state index in [2.05, 4.69) is 5.32 Å². The summed E-state index contributed by atoms with van der Waals surface area (Å²) in [4.78, 5) is 12.3. The zero-order valence-corrected chi connectivity index (χ0v) is 15.7. The van der Waals surface area contributed by atoms with Gasteiger partial charge in [0.05, 0.1) is 15.6 Å². The van der Waals surface area contributed by atoms with Crippen molar-refractivity contribution < 1.29 is 9.18 Å². The molecule has 0 unspecified atom stereocenters. The number of hydrogen-bond donors (Lipinski definition) is 1. The molecule has 0 saturated carbocycles. The second-order valence-electron chi connectivity index (χ2n) is 5.95. The highest BCUT2D eigenvalue weighted by Crippen LogP contribution is 2.28. The van der Waals surface area contributed by atoms with Crippen LogP contribution in [-0.2, 0) is 5.75 Å². The maximum Gasteiger partial charge on any atom is 0.254 e. The predicted molar refractivity (Wildman–Crippen MR) is 101 cm³/mol. The first-order valence-corrected chi connectivity index (χ1v) is 9.13. The largest absolute Gasteiger partial charge is 0.351 e. The van der Waals surface area contributed by atoms with Crippen molar-refractivity contribution in [2.75, 3.05) is 6.54 Å². The van der Waals surface area contributed by atoms with Gasteiger partial charge in [-0.2, -0.15) is 0 Å². The first kappa shape index (κ1) is 19.1. The lowest BCUT2D eigenvalue weighted by Crippen LogP contribution is -2.36. The lowest BCUT2D eigenvalue weighted by atomic mass is 10.1. The molecule has 0 aliphatic heterocycles. The molecule has 0 aliphatic rings. The van der Waals surface area contributed by atoms with Gasteiger partial charge >= 0.3 is 0 Å². The highest BCUT2D eigenvalue weighted by molar-refractivity contribution is 7.99. The average Bonchev–Trinajstić information content (AvgIpc) is 2.52. The van der Waals surface area contributed by atoms with Crippen molar-refractivity contribution in [3.05, 3.63) is 69.5 Å². The first-order chi connectivity index (χ1) is 11.3. The summed E-state index contributed by atoms with van der Waals surface area (Å²) in [7, 11) is 0. The average molecular weight is 386 g/mol. The summed E-state index contributed by atoms with van der Waals surface area (Å²) in [6.45, 7) is 4.53. The Kier molecular flexibility index (Phi) is 6.55. The molecule has 2 rings (SSSR count). The van der Waals surface area contributed by atoms with Crippen molar-refractivity contribution in [1.29, 1.82) is 0 Å². The van der Waals surface area contributed by atoms with Gasteiger partial charge in [0.25, 0.3) is 5.91 Å². The summed E-state index contributed by atoms with van der Waals surface area (Å²) in [6.07, 6.45) is 0. The number of amides is 1. The van der Waals surface area contributed by atoms with Crippen LogP contribution < -0.4 is 5.32 Å². The number of benzene rings is 2. The van der Waals surface area contributed by atoms with Crippen LogP contribution in [0, 0.1) is 5.82 Å². The normalized spacial score (nSPS) is 11.4. The Hall–Kier alpha value is -1.23. The van der Waals surface area contributed by atoms with Crippen LogP contribution in [-0.4, -0.2) is 17.2 Å². The van der Waals surface area contributed by atoms with E-state index in [1.54, 1.807) is 42.1 Å². The number of carbonyl (C=O) groups is 1. The number of nitrogens with one attached hydrogen (secondary N) is 1. The molecule has 6 heteroatoms. The van der Waals surface area contributed by atoms with Gasteiger partial charge in [0.2, 0.25) is 0 Å². The molecular formula is C18H18Cl2FNOS. The van der Waals surface area contributed by atoms with Crippen LogP contribution in [0.2, 0.25) is 10.0 Å². The number of thioether (sulfide) groups is 1. The second kappa shape index (κ2) is 8.24. The van der Waals surface area contributed by atoms with Crippen molar-refractivity contribution in [3.8, 4) is 0 Å². The Morgan fingerprint density at radius 3 is 2.29 bits per heavy atom.